The number of carbonyl (C=O) groups excluding carboxylic acids is 1. The number of allylic oxidation sites excluding steroid dienone is 3. The van der Waals surface area contributed by atoms with Crippen molar-refractivity contribution in [1.82, 2.24) is 0 Å². The molecule has 1 aromatic rings. The summed E-state index contributed by atoms with van der Waals surface area (Å²) >= 11 is 0. The Morgan fingerprint density at radius 3 is 2.43 bits per heavy atom. The van der Waals surface area contributed by atoms with Gasteiger partial charge in [0.05, 0.1) is 7.11 Å². The van der Waals surface area contributed by atoms with Gasteiger partial charge in [-0.15, -0.1) is 0 Å². The van der Waals surface area contributed by atoms with E-state index in [0.717, 1.165) is 16.9 Å². The van der Waals surface area contributed by atoms with Crippen LogP contribution in [0.4, 0.5) is 0 Å². The van der Waals surface area contributed by atoms with Crippen LogP contribution in [0.5, 0.6) is 5.75 Å². The zero-order chi connectivity index (χ0) is 15.5. The quantitative estimate of drug-likeness (QED) is 0.786. The van der Waals surface area contributed by atoms with E-state index in [4.69, 9.17) is 9.47 Å². The number of benzene rings is 1. The summed E-state index contributed by atoms with van der Waals surface area (Å²) in [6, 6.07) is 7.80. The monoisotopic (exact) mass is 284 g/mol. The van der Waals surface area contributed by atoms with E-state index in [-0.39, 0.29) is 5.78 Å². The van der Waals surface area contributed by atoms with Gasteiger partial charge in [0.2, 0.25) is 5.78 Å². The van der Waals surface area contributed by atoms with Crippen LogP contribution in [-0.2, 0) is 9.53 Å². The van der Waals surface area contributed by atoms with Crippen LogP contribution in [0.25, 0.3) is 6.08 Å². The highest BCUT2D eigenvalue weighted by Gasteiger charge is 2.35. The third-order valence-corrected chi connectivity index (χ3v) is 3.36. The minimum absolute atomic E-state index is 0.00406. The largest absolute Gasteiger partial charge is 0.497 e. The van der Waals surface area contributed by atoms with E-state index in [0.29, 0.717) is 5.76 Å². The molecule has 0 atom stereocenters. The Morgan fingerprint density at radius 2 is 1.90 bits per heavy atom. The Morgan fingerprint density at radius 1 is 1.24 bits per heavy atom. The molecule has 1 aromatic carbocycles. The van der Waals surface area contributed by atoms with Crippen molar-refractivity contribution in [1.29, 1.82) is 0 Å². The summed E-state index contributed by atoms with van der Waals surface area (Å²) in [6.07, 6.45) is 7.43. The number of rotatable bonds is 4. The molecule has 0 aromatic heterocycles. The molecular weight excluding hydrogens is 264 g/mol. The van der Waals surface area contributed by atoms with Crippen LogP contribution in [0.2, 0.25) is 0 Å². The van der Waals surface area contributed by atoms with Crippen molar-refractivity contribution in [2.45, 2.75) is 26.4 Å². The number of carbonyl (C=O) groups is 1. The molecule has 1 heterocycles. The second-order valence-electron chi connectivity index (χ2n) is 5.47. The van der Waals surface area contributed by atoms with Gasteiger partial charge in [0, 0.05) is 6.08 Å². The SMILES string of the molecule is COc1ccc(/C=C/C=C(\C)C2=CC(=O)C(C)(C)O2)cc1. The second kappa shape index (κ2) is 6.00. The van der Waals surface area contributed by atoms with Crippen molar-refractivity contribution < 1.29 is 14.3 Å². The van der Waals surface area contributed by atoms with E-state index in [1.807, 2.05) is 49.4 Å². The number of ether oxygens (including phenoxy) is 2. The molecule has 0 saturated heterocycles. The normalized spacial score (nSPS) is 17.8. The summed E-state index contributed by atoms with van der Waals surface area (Å²) in [5.41, 5.74) is 1.26. The van der Waals surface area contributed by atoms with Gasteiger partial charge in [-0.3, -0.25) is 4.79 Å². The molecule has 0 fully saturated rings. The summed E-state index contributed by atoms with van der Waals surface area (Å²) < 4.78 is 10.8. The van der Waals surface area contributed by atoms with Gasteiger partial charge in [0.1, 0.15) is 11.5 Å². The van der Waals surface area contributed by atoms with Gasteiger partial charge in [0.15, 0.2) is 5.60 Å². The van der Waals surface area contributed by atoms with Crippen LogP contribution in [0.15, 0.2) is 53.8 Å². The lowest BCUT2D eigenvalue weighted by Gasteiger charge is -2.18. The van der Waals surface area contributed by atoms with Crippen molar-refractivity contribution in [2.75, 3.05) is 7.11 Å². The molecule has 0 radical (unpaired) electrons. The third kappa shape index (κ3) is 3.63. The van der Waals surface area contributed by atoms with Crippen molar-refractivity contribution in [3.63, 3.8) is 0 Å². The Labute approximate surface area is 125 Å². The molecule has 3 heteroatoms. The van der Waals surface area contributed by atoms with Gasteiger partial charge in [-0.25, -0.2) is 0 Å². The molecule has 1 aliphatic heterocycles. The van der Waals surface area contributed by atoms with Gasteiger partial charge in [-0.05, 0) is 44.0 Å². The van der Waals surface area contributed by atoms with Gasteiger partial charge in [-0.2, -0.15) is 0 Å². The number of hydrogen-bond acceptors (Lipinski definition) is 3. The zero-order valence-corrected chi connectivity index (χ0v) is 12.8. The Kier molecular flexibility index (Phi) is 4.32. The van der Waals surface area contributed by atoms with E-state index >= 15 is 0 Å². The molecule has 0 bridgehead atoms. The fourth-order valence-electron chi connectivity index (χ4n) is 1.94. The Hall–Kier alpha value is -2.29. The van der Waals surface area contributed by atoms with E-state index in [2.05, 4.69) is 0 Å². The van der Waals surface area contributed by atoms with Crippen LogP contribution in [0.3, 0.4) is 0 Å². The first-order valence-electron chi connectivity index (χ1n) is 6.87. The first-order valence-corrected chi connectivity index (χ1v) is 6.87. The minimum Gasteiger partial charge on any atom is -0.497 e. The maximum absolute atomic E-state index is 11.7. The molecule has 0 amide bonds. The van der Waals surface area contributed by atoms with E-state index in [1.54, 1.807) is 27.0 Å². The molecular formula is C18H20O3. The summed E-state index contributed by atoms with van der Waals surface area (Å²) in [4.78, 5) is 11.7. The van der Waals surface area contributed by atoms with Crippen LogP contribution in [-0.4, -0.2) is 18.5 Å². The first kappa shape index (κ1) is 15.1. The molecule has 0 unspecified atom stereocenters. The average molecular weight is 284 g/mol. The minimum atomic E-state index is -0.746. The lowest BCUT2D eigenvalue weighted by Crippen LogP contribution is -2.27. The predicted octanol–water partition coefficient (Wildman–Crippen LogP) is 3.92. The van der Waals surface area contributed by atoms with Gasteiger partial charge in [-0.1, -0.05) is 30.4 Å². The third-order valence-electron chi connectivity index (χ3n) is 3.36. The maximum Gasteiger partial charge on any atom is 0.202 e. The van der Waals surface area contributed by atoms with Gasteiger partial charge < -0.3 is 9.47 Å². The van der Waals surface area contributed by atoms with Crippen molar-refractivity contribution in [3.8, 4) is 5.75 Å². The highest BCUT2D eigenvalue weighted by atomic mass is 16.5. The molecule has 2 rings (SSSR count). The predicted molar refractivity (Wildman–Crippen MR) is 84.0 cm³/mol. The van der Waals surface area contributed by atoms with E-state index in [1.165, 1.54) is 0 Å². The molecule has 0 aliphatic carbocycles. The highest BCUT2D eigenvalue weighted by molar-refractivity contribution is 5.99. The summed E-state index contributed by atoms with van der Waals surface area (Å²) in [7, 11) is 1.65. The number of ketones is 1. The molecule has 21 heavy (non-hydrogen) atoms. The second-order valence-corrected chi connectivity index (χ2v) is 5.47. The molecule has 3 nitrogen and oxygen atoms in total. The number of hydrogen-bond donors (Lipinski definition) is 0. The molecule has 1 aliphatic rings. The molecule has 110 valence electrons. The Bertz CT molecular complexity index is 616. The summed E-state index contributed by atoms with van der Waals surface area (Å²) in [5.74, 6) is 1.48. The fourth-order valence-corrected chi connectivity index (χ4v) is 1.94. The molecule has 0 N–H and O–H groups in total. The first-order chi connectivity index (χ1) is 9.92. The van der Waals surface area contributed by atoms with Crippen molar-refractivity contribution >= 4 is 11.9 Å². The molecule has 0 saturated carbocycles. The van der Waals surface area contributed by atoms with Crippen LogP contribution >= 0.6 is 0 Å². The zero-order valence-electron chi connectivity index (χ0n) is 12.8. The average Bonchev–Trinajstić information content (AvgIpc) is 2.73. The maximum atomic E-state index is 11.7. The van der Waals surface area contributed by atoms with Crippen LogP contribution in [0.1, 0.15) is 26.3 Å². The van der Waals surface area contributed by atoms with Crippen LogP contribution in [0, 0.1) is 0 Å². The van der Waals surface area contributed by atoms with E-state index in [9.17, 15) is 4.79 Å². The number of methoxy groups -OCH3 is 1. The van der Waals surface area contributed by atoms with E-state index < -0.39 is 5.60 Å². The van der Waals surface area contributed by atoms with Gasteiger partial charge >= 0.3 is 0 Å². The van der Waals surface area contributed by atoms with Gasteiger partial charge in [0.25, 0.3) is 0 Å². The lowest BCUT2D eigenvalue weighted by molar-refractivity contribution is -0.126. The highest BCUT2D eigenvalue weighted by Crippen LogP contribution is 2.28. The lowest BCUT2D eigenvalue weighted by atomic mass is 10.1. The smallest absolute Gasteiger partial charge is 0.202 e. The molecule has 0 spiro atoms. The fraction of sp³-hybridized carbons (Fsp3) is 0.278. The van der Waals surface area contributed by atoms with Crippen molar-refractivity contribution in [3.05, 3.63) is 59.4 Å². The van der Waals surface area contributed by atoms with Crippen LogP contribution < -0.4 is 4.74 Å². The Balaban J connectivity index is 2.05. The topological polar surface area (TPSA) is 35.5 Å². The summed E-state index contributed by atoms with van der Waals surface area (Å²) in [6.45, 7) is 5.48. The summed E-state index contributed by atoms with van der Waals surface area (Å²) in [5, 5.41) is 0. The standard InChI is InChI=1S/C18H20O3/c1-13(16-12-17(19)18(2,3)21-16)6-5-7-14-8-10-15(20-4)11-9-14/h5-12H,1-4H3/b7-5+,13-6+. The van der Waals surface area contributed by atoms with Crippen molar-refractivity contribution in [2.24, 2.45) is 0 Å².